The molecule has 0 radical (unpaired) electrons. The van der Waals surface area contributed by atoms with Crippen molar-refractivity contribution in [1.29, 1.82) is 0 Å². The largest absolute Gasteiger partial charge is 0.310 e. The fourth-order valence-corrected chi connectivity index (χ4v) is 2.77. The fourth-order valence-electron chi connectivity index (χ4n) is 2.21. The Bertz CT molecular complexity index is 357. The lowest BCUT2D eigenvalue weighted by Crippen LogP contribution is -2.16. The summed E-state index contributed by atoms with van der Waals surface area (Å²) in [5.74, 6) is -0.0462. The van der Waals surface area contributed by atoms with E-state index in [1.807, 2.05) is 19.9 Å². The molecule has 2 rings (SSSR count). The second kappa shape index (κ2) is 4.22. The van der Waals surface area contributed by atoms with Crippen molar-refractivity contribution in [3.63, 3.8) is 0 Å². The Labute approximate surface area is 98.2 Å². The first-order valence-electron chi connectivity index (χ1n) is 5.29. The van der Waals surface area contributed by atoms with Crippen LogP contribution in [0, 0.1) is 19.7 Å². The lowest BCUT2D eigenvalue weighted by atomic mass is 9.97. The van der Waals surface area contributed by atoms with Crippen molar-refractivity contribution >= 4 is 15.9 Å². The van der Waals surface area contributed by atoms with Gasteiger partial charge >= 0.3 is 0 Å². The van der Waals surface area contributed by atoms with Gasteiger partial charge in [0.15, 0.2) is 0 Å². The SMILES string of the molecule is Cc1cc(Br)c(C)c(C2CCCN2)c1F. The molecule has 0 saturated carbocycles. The van der Waals surface area contributed by atoms with Crippen LogP contribution in [0.15, 0.2) is 10.5 Å². The zero-order chi connectivity index (χ0) is 11.0. The van der Waals surface area contributed by atoms with E-state index >= 15 is 0 Å². The van der Waals surface area contributed by atoms with E-state index in [1.165, 1.54) is 0 Å². The molecule has 0 spiro atoms. The van der Waals surface area contributed by atoms with Crippen molar-refractivity contribution in [2.24, 2.45) is 0 Å². The van der Waals surface area contributed by atoms with Gasteiger partial charge < -0.3 is 5.32 Å². The number of hydrogen-bond acceptors (Lipinski definition) is 1. The highest BCUT2D eigenvalue weighted by atomic mass is 79.9. The van der Waals surface area contributed by atoms with Gasteiger partial charge in [-0.3, -0.25) is 0 Å². The maximum atomic E-state index is 14.0. The van der Waals surface area contributed by atoms with Gasteiger partial charge in [-0.1, -0.05) is 15.9 Å². The van der Waals surface area contributed by atoms with Crippen LogP contribution in [0.5, 0.6) is 0 Å². The highest BCUT2D eigenvalue weighted by Crippen LogP contribution is 2.33. The molecule has 0 aromatic heterocycles. The normalized spacial score (nSPS) is 20.9. The Kier molecular flexibility index (Phi) is 3.12. The van der Waals surface area contributed by atoms with Crippen molar-refractivity contribution in [3.05, 3.63) is 33.0 Å². The molecule has 15 heavy (non-hydrogen) atoms. The maximum absolute atomic E-state index is 14.0. The summed E-state index contributed by atoms with van der Waals surface area (Å²) in [6, 6.07) is 2.05. The van der Waals surface area contributed by atoms with Crippen LogP contribution in [0.25, 0.3) is 0 Å². The number of aryl methyl sites for hydroxylation is 1. The molecule has 1 aliphatic heterocycles. The predicted molar refractivity (Wildman–Crippen MR) is 63.6 cm³/mol. The maximum Gasteiger partial charge on any atom is 0.131 e. The van der Waals surface area contributed by atoms with Crippen molar-refractivity contribution in [1.82, 2.24) is 5.32 Å². The molecular weight excluding hydrogens is 257 g/mol. The number of rotatable bonds is 1. The summed E-state index contributed by atoms with van der Waals surface area (Å²) in [5, 5.41) is 3.35. The third-order valence-electron chi connectivity index (χ3n) is 3.10. The van der Waals surface area contributed by atoms with E-state index in [0.29, 0.717) is 0 Å². The first-order chi connectivity index (χ1) is 7.11. The Morgan fingerprint density at radius 2 is 2.20 bits per heavy atom. The van der Waals surface area contributed by atoms with E-state index in [1.54, 1.807) is 0 Å². The average molecular weight is 272 g/mol. The van der Waals surface area contributed by atoms with E-state index in [4.69, 9.17) is 0 Å². The first kappa shape index (κ1) is 11.1. The zero-order valence-corrected chi connectivity index (χ0v) is 10.6. The van der Waals surface area contributed by atoms with Crippen molar-refractivity contribution in [2.45, 2.75) is 32.7 Å². The summed E-state index contributed by atoms with van der Waals surface area (Å²) in [7, 11) is 0. The highest BCUT2D eigenvalue weighted by molar-refractivity contribution is 9.10. The molecule has 1 unspecified atom stereocenters. The predicted octanol–water partition coefficient (Wildman–Crippen LogP) is 3.63. The van der Waals surface area contributed by atoms with Crippen LogP contribution in [0.3, 0.4) is 0 Å². The van der Waals surface area contributed by atoms with Crippen LogP contribution in [-0.2, 0) is 0 Å². The minimum absolute atomic E-state index is 0.0462. The molecule has 82 valence electrons. The first-order valence-corrected chi connectivity index (χ1v) is 6.09. The van der Waals surface area contributed by atoms with Gasteiger partial charge in [0.1, 0.15) is 5.82 Å². The summed E-state index contributed by atoms with van der Waals surface area (Å²) < 4.78 is 15.0. The van der Waals surface area contributed by atoms with Gasteiger partial charge in [-0.15, -0.1) is 0 Å². The molecule has 1 heterocycles. The summed E-state index contributed by atoms with van der Waals surface area (Å²) >= 11 is 3.48. The van der Waals surface area contributed by atoms with E-state index in [0.717, 1.165) is 40.5 Å². The molecule has 1 N–H and O–H groups in total. The second-order valence-corrected chi connectivity index (χ2v) is 5.03. The monoisotopic (exact) mass is 271 g/mol. The summed E-state index contributed by atoms with van der Waals surface area (Å²) in [6.07, 6.45) is 2.17. The highest BCUT2D eigenvalue weighted by Gasteiger charge is 2.23. The summed E-state index contributed by atoms with van der Waals surface area (Å²) in [6.45, 7) is 4.79. The standard InChI is InChI=1S/C12H15BrFN/c1-7-6-9(13)8(2)11(12(7)14)10-4-3-5-15-10/h6,10,15H,3-5H2,1-2H3. The van der Waals surface area contributed by atoms with Crippen LogP contribution < -0.4 is 5.32 Å². The van der Waals surface area contributed by atoms with Crippen LogP contribution >= 0.6 is 15.9 Å². The van der Waals surface area contributed by atoms with Crippen LogP contribution in [0.4, 0.5) is 4.39 Å². The number of nitrogens with one attached hydrogen (secondary N) is 1. The smallest absolute Gasteiger partial charge is 0.131 e. The molecule has 1 saturated heterocycles. The molecule has 1 nitrogen and oxygen atoms in total. The molecule has 0 aliphatic carbocycles. The van der Waals surface area contributed by atoms with Crippen molar-refractivity contribution in [3.8, 4) is 0 Å². The Morgan fingerprint density at radius 1 is 1.47 bits per heavy atom. The zero-order valence-electron chi connectivity index (χ0n) is 9.03. The lowest BCUT2D eigenvalue weighted by Gasteiger charge is -2.17. The van der Waals surface area contributed by atoms with Gasteiger partial charge in [0.25, 0.3) is 0 Å². The van der Waals surface area contributed by atoms with Crippen LogP contribution in [-0.4, -0.2) is 6.54 Å². The molecule has 3 heteroatoms. The Hall–Kier alpha value is -0.410. The fraction of sp³-hybridized carbons (Fsp3) is 0.500. The minimum Gasteiger partial charge on any atom is -0.310 e. The van der Waals surface area contributed by atoms with Crippen molar-refractivity contribution < 1.29 is 4.39 Å². The topological polar surface area (TPSA) is 12.0 Å². The molecule has 0 amide bonds. The third kappa shape index (κ3) is 1.95. The van der Waals surface area contributed by atoms with Crippen molar-refractivity contribution in [2.75, 3.05) is 6.54 Å². The number of hydrogen-bond donors (Lipinski definition) is 1. The number of benzene rings is 1. The summed E-state index contributed by atoms with van der Waals surface area (Å²) in [4.78, 5) is 0. The molecular formula is C12H15BrFN. The van der Waals surface area contributed by atoms with Gasteiger partial charge in [-0.2, -0.15) is 0 Å². The minimum atomic E-state index is -0.0462. The van der Waals surface area contributed by atoms with Crippen LogP contribution in [0.2, 0.25) is 0 Å². The van der Waals surface area contributed by atoms with Crippen LogP contribution in [0.1, 0.15) is 35.6 Å². The summed E-state index contributed by atoms with van der Waals surface area (Å²) in [5.41, 5.74) is 2.59. The lowest BCUT2D eigenvalue weighted by molar-refractivity contribution is 0.549. The van der Waals surface area contributed by atoms with E-state index in [2.05, 4.69) is 21.2 Å². The third-order valence-corrected chi connectivity index (χ3v) is 3.92. The molecule has 1 aliphatic rings. The Morgan fingerprint density at radius 3 is 2.80 bits per heavy atom. The van der Waals surface area contributed by atoms with E-state index in [-0.39, 0.29) is 11.9 Å². The van der Waals surface area contributed by atoms with E-state index in [9.17, 15) is 4.39 Å². The van der Waals surface area contributed by atoms with Gasteiger partial charge in [0, 0.05) is 16.1 Å². The quantitative estimate of drug-likeness (QED) is 0.823. The van der Waals surface area contributed by atoms with Gasteiger partial charge in [-0.05, 0) is 50.4 Å². The molecule has 1 fully saturated rings. The molecule has 1 atom stereocenters. The number of halogens is 2. The molecule has 0 bridgehead atoms. The molecule has 1 aromatic carbocycles. The van der Waals surface area contributed by atoms with E-state index < -0.39 is 0 Å². The van der Waals surface area contributed by atoms with Gasteiger partial charge in [-0.25, -0.2) is 4.39 Å². The second-order valence-electron chi connectivity index (χ2n) is 4.18. The van der Waals surface area contributed by atoms with Gasteiger partial charge in [0.05, 0.1) is 0 Å². The molecule has 1 aromatic rings. The average Bonchev–Trinajstić information content (AvgIpc) is 2.69. The Balaban J connectivity index is 2.52. The van der Waals surface area contributed by atoms with Gasteiger partial charge in [0.2, 0.25) is 0 Å².